The van der Waals surface area contributed by atoms with E-state index in [1.165, 1.54) is 6.42 Å². The van der Waals surface area contributed by atoms with Crippen molar-refractivity contribution in [1.82, 2.24) is 4.90 Å². The van der Waals surface area contributed by atoms with Crippen LogP contribution in [0.2, 0.25) is 0 Å². The first kappa shape index (κ1) is 12.4. The van der Waals surface area contributed by atoms with Crippen LogP contribution in [0.15, 0.2) is 30.3 Å². The fraction of sp³-hybridized carbons (Fsp3) is 0.500. The number of benzene rings is 1. The molecule has 0 radical (unpaired) electrons. The molecule has 1 saturated carbocycles. The van der Waals surface area contributed by atoms with Gasteiger partial charge in [-0.1, -0.05) is 49.6 Å². The van der Waals surface area contributed by atoms with Crippen LogP contribution in [0.5, 0.6) is 0 Å². The van der Waals surface area contributed by atoms with Crippen molar-refractivity contribution in [2.75, 3.05) is 0 Å². The average Bonchev–Trinajstić information content (AvgIpc) is 2.76. The number of carbonyl (C=O) groups excluding carboxylic acids is 2. The number of carbonyl (C=O) groups is 2. The maximum absolute atomic E-state index is 12.5. The van der Waals surface area contributed by atoms with E-state index in [-0.39, 0.29) is 23.8 Å². The topological polar surface area (TPSA) is 37.4 Å². The van der Waals surface area contributed by atoms with Gasteiger partial charge in [0.25, 0.3) is 0 Å². The third-order valence-electron chi connectivity index (χ3n) is 4.32. The molecule has 1 heterocycles. The largest absolute Gasteiger partial charge is 0.279 e. The molecule has 1 atom stereocenters. The molecule has 3 nitrogen and oxygen atoms in total. The summed E-state index contributed by atoms with van der Waals surface area (Å²) in [5, 5.41) is 0. The standard InChI is InChI=1S/C16H19NO2/c18-15-11-14(12-7-3-1-4-8-12)16(19)17(15)13-9-5-2-6-10-13/h1,3-4,7-8,13-14H,2,5-6,9-11H2/t14-/m1/s1. The van der Waals surface area contributed by atoms with Crippen molar-refractivity contribution in [2.24, 2.45) is 0 Å². The predicted octanol–water partition coefficient (Wildman–Crippen LogP) is 2.86. The normalized spacial score (nSPS) is 25.1. The lowest BCUT2D eigenvalue weighted by Gasteiger charge is -2.29. The first-order chi connectivity index (χ1) is 9.27. The molecule has 1 aliphatic heterocycles. The molecule has 2 fully saturated rings. The Morgan fingerprint density at radius 3 is 2.32 bits per heavy atom. The van der Waals surface area contributed by atoms with Gasteiger partial charge in [-0.2, -0.15) is 0 Å². The number of nitrogens with zero attached hydrogens (tertiary/aromatic N) is 1. The second kappa shape index (κ2) is 5.16. The zero-order valence-corrected chi connectivity index (χ0v) is 11.0. The number of rotatable bonds is 2. The van der Waals surface area contributed by atoms with Crippen LogP contribution >= 0.6 is 0 Å². The van der Waals surface area contributed by atoms with Gasteiger partial charge in [0.1, 0.15) is 0 Å². The molecule has 1 aromatic rings. The average molecular weight is 257 g/mol. The number of imide groups is 1. The lowest BCUT2D eigenvalue weighted by Crippen LogP contribution is -2.41. The molecule has 2 amide bonds. The lowest BCUT2D eigenvalue weighted by atomic mass is 9.94. The van der Waals surface area contributed by atoms with Crippen LogP contribution in [0.3, 0.4) is 0 Å². The molecular formula is C16H19NO2. The number of hydrogen-bond acceptors (Lipinski definition) is 2. The van der Waals surface area contributed by atoms with Crippen LogP contribution in [0, 0.1) is 0 Å². The molecule has 1 aliphatic carbocycles. The molecule has 0 N–H and O–H groups in total. The van der Waals surface area contributed by atoms with E-state index in [4.69, 9.17) is 0 Å². The van der Waals surface area contributed by atoms with Gasteiger partial charge in [-0.05, 0) is 18.4 Å². The van der Waals surface area contributed by atoms with Crippen molar-refractivity contribution in [3.8, 4) is 0 Å². The summed E-state index contributed by atoms with van der Waals surface area (Å²) in [7, 11) is 0. The summed E-state index contributed by atoms with van der Waals surface area (Å²) in [5.74, 6) is -0.218. The fourth-order valence-corrected chi connectivity index (χ4v) is 3.32. The first-order valence-electron chi connectivity index (χ1n) is 7.18. The van der Waals surface area contributed by atoms with Crippen LogP contribution in [0.1, 0.15) is 50.0 Å². The predicted molar refractivity (Wildman–Crippen MR) is 72.5 cm³/mol. The van der Waals surface area contributed by atoms with E-state index in [0.717, 1.165) is 31.2 Å². The van der Waals surface area contributed by atoms with Crippen LogP contribution in [-0.2, 0) is 9.59 Å². The molecule has 3 rings (SSSR count). The van der Waals surface area contributed by atoms with Gasteiger partial charge in [0, 0.05) is 12.5 Å². The lowest BCUT2D eigenvalue weighted by molar-refractivity contribution is -0.142. The Morgan fingerprint density at radius 2 is 1.63 bits per heavy atom. The molecule has 100 valence electrons. The maximum Gasteiger partial charge on any atom is 0.237 e. The van der Waals surface area contributed by atoms with Crippen LogP contribution in [0.25, 0.3) is 0 Å². The van der Waals surface area contributed by atoms with Gasteiger partial charge in [-0.15, -0.1) is 0 Å². The summed E-state index contributed by atoms with van der Waals surface area (Å²) in [4.78, 5) is 26.3. The Balaban J connectivity index is 1.81. The minimum absolute atomic E-state index is 0.0168. The quantitative estimate of drug-likeness (QED) is 0.764. The van der Waals surface area contributed by atoms with Crippen LogP contribution in [0.4, 0.5) is 0 Å². The van der Waals surface area contributed by atoms with E-state index < -0.39 is 0 Å². The van der Waals surface area contributed by atoms with E-state index in [0.29, 0.717) is 6.42 Å². The van der Waals surface area contributed by atoms with Gasteiger partial charge in [-0.3, -0.25) is 14.5 Å². The highest BCUT2D eigenvalue weighted by molar-refractivity contribution is 6.06. The highest BCUT2D eigenvalue weighted by Gasteiger charge is 2.42. The number of amides is 2. The summed E-state index contributed by atoms with van der Waals surface area (Å²) in [6, 6.07) is 9.83. The second-order valence-electron chi connectivity index (χ2n) is 5.56. The van der Waals surface area contributed by atoms with E-state index in [1.54, 1.807) is 4.90 Å². The molecule has 0 unspecified atom stereocenters. The molecule has 3 heteroatoms. The SMILES string of the molecule is O=C1C[C@H](c2ccccc2)C(=O)N1C1CCCCC1. The smallest absolute Gasteiger partial charge is 0.237 e. The van der Waals surface area contributed by atoms with E-state index in [9.17, 15) is 9.59 Å². The molecule has 0 aromatic heterocycles. The van der Waals surface area contributed by atoms with Gasteiger partial charge >= 0.3 is 0 Å². The van der Waals surface area contributed by atoms with Crippen molar-refractivity contribution in [2.45, 2.75) is 50.5 Å². The fourth-order valence-electron chi connectivity index (χ4n) is 3.32. The molecule has 0 spiro atoms. The Morgan fingerprint density at radius 1 is 0.947 bits per heavy atom. The van der Waals surface area contributed by atoms with Gasteiger partial charge in [-0.25, -0.2) is 0 Å². The van der Waals surface area contributed by atoms with Gasteiger partial charge in [0.2, 0.25) is 11.8 Å². The Hall–Kier alpha value is -1.64. The molecule has 19 heavy (non-hydrogen) atoms. The first-order valence-corrected chi connectivity index (χ1v) is 7.18. The van der Waals surface area contributed by atoms with Crippen LogP contribution < -0.4 is 0 Å². The summed E-state index contributed by atoms with van der Waals surface area (Å²) < 4.78 is 0. The molecule has 0 bridgehead atoms. The van der Waals surface area contributed by atoms with Crippen molar-refractivity contribution < 1.29 is 9.59 Å². The molecule has 2 aliphatic rings. The Labute approximate surface area is 113 Å². The highest BCUT2D eigenvalue weighted by Crippen LogP contribution is 2.34. The Bertz CT molecular complexity index is 477. The van der Waals surface area contributed by atoms with E-state index >= 15 is 0 Å². The van der Waals surface area contributed by atoms with E-state index in [2.05, 4.69) is 0 Å². The zero-order valence-electron chi connectivity index (χ0n) is 11.0. The third-order valence-corrected chi connectivity index (χ3v) is 4.32. The monoisotopic (exact) mass is 257 g/mol. The summed E-state index contributed by atoms with van der Waals surface area (Å²) >= 11 is 0. The maximum atomic E-state index is 12.5. The minimum Gasteiger partial charge on any atom is -0.279 e. The molecular weight excluding hydrogens is 238 g/mol. The zero-order chi connectivity index (χ0) is 13.2. The summed E-state index contributed by atoms with van der Waals surface area (Å²) in [5.41, 5.74) is 0.971. The third kappa shape index (κ3) is 2.29. The van der Waals surface area contributed by atoms with Crippen molar-refractivity contribution in [3.63, 3.8) is 0 Å². The molecule has 1 aromatic carbocycles. The Kier molecular flexibility index (Phi) is 3.36. The molecule has 1 saturated heterocycles. The highest BCUT2D eigenvalue weighted by atomic mass is 16.2. The van der Waals surface area contributed by atoms with Gasteiger partial charge < -0.3 is 0 Å². The summed E-state index contributed by atoms with van der Waals surface area (Å²) in [6.07, 6.45) is 5.82. The number of likely N-dealkylation sites (tertiary alicyclic amines) is 1. The van der Waals surface area contributed by atoms with Gasteiger partial charge in [0.15, 0.2) is 0 Å². The van der Waals surface area contributed by atoms with Crippen molar-refractivity contribution in [1.29, 1.82) is 0 Å². The van der Waals surface area contributed by atoms with Crippen molar-refractivity contribution >= 4 is 11.8 Å². The summed E-state index contributed by atoms with van der Waals surface area (Å²) in [6.45, 7) is 0. The second-order valence-corrected chi connectivity index (χ2v) is 5.56. The van der Waals surface area contributed by atoms with E-state index in [1.807, 2.05) is 30.3 Å². The minimum atomic E-state index is -0.254. The number of hydrogen-bond donors (Lipinski definition) is 0. The van der Waals surface area contributed by atoms with Crippen molar-refractivity contribution in [3.05, 3.63) is 35.9 Å². The van der Waals surface area contributed by atoms with Gasteiger partial charge in [0.05, 0.1) is 5.92 Å². The van der Waals surface area contributed by atoms with Crippen LogP contribution in [-0.4, -0.2) is 22.8 Å².